The number of carbonyl (C=O) groups is 1. The molecule has 0 saturated heterocycles. The summed E-state index contributed by atoms with van der Waals surface area (Å²) in [5.41, 5.74) is 6.67. The van der Waals surface area contributed by atoms with Gasteiger partial charge in [-0.2, -0.15) is 0 Å². The molecule has 0 aliphatic carbocycles. The predicted octanol–water partition coefficient (Wildman–Crippen LogP) is 3.26. The summed E-state index contributed by atoms with van der Waals surface area (Å²) < 4.78 is 1.04. The third-order valence-corrected chi connectivity index (χ3v) is 3.77. The van der Waals surface area contributed by atoms with Crippen LogP contribution >= 0.6 is 15.9 Å². The monoisotopic (exact) mass is 340 g/mol. The average Bonchev–Trinajstić information content (AvgIpc) is 2.35. The molecule has 1 amide bonds. The maximum atomic E-state index is 12.1. The van der Waals surface area contributed by atoms with Crippen LogP contribution in [0.15, 0.2) is 28.7 Å². The molecule has 0 aliphatic rings. The van der Waals surface area contributed by atoms with Crippen molar-refractivity contribution in [2.75, 3.05) is 6.54 Å². The second kappa shape index (κ2) is 7.79. The first kappa shape index (κ1) is 17.2. The second-order valence-electron chi connectivity index (χ2n) is 6.04. The number of nitrogens with two attached hydrogens (primary N) is 1. The normalized spacial score (nSPS) is 14.1. The van der Waals surface area contributed by atoms with E-state index >= 15 is 0 Å². The lowest BCUT2D eigenvalue weighted by molar-refractivity contribution is -0.122. The summed E-state index contributed by atoms with van der Waals surface area (Å²) in [5, 5.41) is 3.08. The largest absolute Gasteiger partial charge is 0.350 e. The Balaban J connectivity index is 2.50. The minimum atomic E-state index is -0.303. The third kappa shape index (κ3) is 6.06. The molecule has 0 bridgehead atoms. The highest BCUT2D eigenvalue weighted by Crippen LogP contribution is 2.16. The van der Waals surface area contributed by atoms with Crippen LogP contribution < -0.4 is 11.1 Å². The molecule has 112 valence electrons. The molecule has 0 fully saturated rings. The van der Waals surface area contributed by atoms with Crippen LogP contribution in [0, 0.1) is 5.92 Å². The highest BCUT2D eigenvalue weighted by Gasteiger charge is 2.25. The maximum Gasteiger partial charge on any atom is 0.220 e. The molecular weight excluding hydrogens is 316 g/mol. The Hall–Kier alpha value is -0.870. The number of benzene rings is 1. The zero-order valence-electron chi connectivity index (χ0n) is 12.6. The van der Waals surface area contributed by atoms with Gasteiger partial charge in [-0.3, -0.25) is 4.79 Å². The zero-order chi connectivity index (χ0) is 15.2. The Labute approximate surface area is 130 Å². The second-order valence-corrected chi connectivity index (χ2v) is 6.96. The van der Waals surface area contributed by atoms with Gasteiger partial charge < -0.3 is 11.1 Å². The number of hydrogen-bond acceptors (Lipinski definition) is 2. The number of carbonyl (C=O) groups excluding carboxylic acids is 1. The summed E-state index contributed by atoms with van der Waals surface area (Å²) >= 11 is 3.44. The van der Waals surface area contributed by atoms with E-state index in [0.717, 1.165) is 22.9 Å². The van der Waals surface area contributed by atoms with Crippen LogP contribution in [-0.4, -0.2) is 18.0 Å². The molecule has 1 atom stereocenters. The van der Waals surface area contributed by atoms with Gasteiger partial charge in [0.05, 0.1) is 0 Å². The van der Waals surface area contributed by atoms with E-state index in [0.29, 0.717) is 18.9 Å². The molecule has 0 heterocycles. The van der Waals surface area contributed by atoms with Crippen LogP contribution in [0.5, 0.6) is 0 Å². The van der Waals surface area contributed by atoms with Gasteiger partial charge in [-0.25, -0.2) is 0 Å². The Kier molecular flexibility index (Phi) is 6.69. The summed E-state index contributed by atoms with van der Waals surface area (Å²) in [6, 6.07) is 8.05. The molecule has 1 unspecified atom stereocenters. The Morgan fingerprint density at radius 3 is 2.70 bits per heavy atom. The lowest BCUT2D eigenvalue weighted by atomic mass is 9.90. The van der Waals surface area contributed by atoms with E-state index in [9.17, 15) is 4.79 Å². The molecule has 0 saturated carbocycles. The fourth-order valence-corrected chi connectivity index (χ4v) is 2.88. The number of halogens is 1. The fourth-order valence-electron chi connectivity index (χ4n) is 2.44. The smallest absolute Gasteiger partial charge is 0.220 e. The first-order valence-corrected chi connectivity index (χ1v) is 7.89. The van der Waals surface area contributed by atoms with E-state index in [2.05, 4.69) is 35.1 Å². The van der Waals surface area contributed by atoms with Crippen LogP contribution in [0.2, 0.25) is 0 Å². The molecular formula is C16H25BrN2O. The first-order valence-electron chi connectivity index (χ1n) is 7.10. The van der Waals surface area contributed by atoms with Gasteiger partial charge in [-0.05, 0) is 43.4 Å². The molecule has 1 aromatic carbocycles. The van der Waals surface area contributed by atoms with Crippen LogP contribution in [0.25, 0.3) is 0 Å². The van der Waals surface area contributed by atoms with Crippen molar-refractivity contribution in [3.8, 4) is 0 Å². The number of hydrogen-bond donors (Lipinski definition) is 2. The van der Waals surface area contributed by atoms with Crippen molar-refractivity contribution in [2.45, 2.75) is 45.6 Å². The number of aryl methyl sites for hydroxylation is 1. The zero-order valence-corrected chi connectivity index (χ0v) is 14.2. The van der Waals surface area contributed by atoms with Crippen molar-refractivity contribution >= 4 is 21.8 Å². The van der Waals surface area contributed by atoms with Crippen molar-refractivity contribution in [3.63, 3.8) is 0 Å². The molecule has 0 aromatic heterocycles. The minimum Gasteiger partial charge on any atom is -0.350 e. The lowest BCUT2D eigenvalue weighted by Crippen LogP contribution is -2.52. The number of amides is 1. The van der Waals surface area contributed by atoms with Crippen LogP contribution in [-0.2, 0) is 11.2 Å². The summed E-state index contributed by atoms with van der Waals surface area (Å²) in [6.07, 6.45) is 2.13. The Morgan fingerprint density at radius 2 is 2.15 bits per heavy atom. The third-order valence-electron chi connectivity index (χ3n) is 3.28. The molecule has 3 N–H and O–H groups in total. The van der Waals surface area contributed by atoms with E-state index in [1.807, 2.05) is 31.2 Å². The van der Waals surface area contributed by atoms with Crippen molar-refractivity contribution in [3.05, 3.63) is 34.3 Å². The first-order chi connectivity index (χ1) is 9.34. The van der Waals surface area contributed by atoms with Gasteiger partial charge in [-0.1, -0.05) is 41.9 Å². The van der Waals surface area contributed by atoms with Crippen molar-refractivity contribution in [1.82, 2.24) is 5.32 Å². The maximum absolute atomic E-state index is 12.1. The van der Waals surface area contributed by atoms with Gasteiger partial charge in [0.2, 0.25) is 5.91 Å². The number of rotatable bonds is 7. The molecule has 4 heteroatoms. The lowest BCUT2D eigenvalue weighted by Gasteiger charge is -2.31. The molecule has 1 rings (SSSR count). The SMILES string of the molecule is CC(C)CC(C)(CN)NC(=O)CCc1cccc(Br)c1. The average molecular weight is 341 g/mol. The van der Waals surface area contributed by atoms with Crippen LogP contribution in [0.3, 0.4) is 0 Å². The van der Waals surface area contributed by atoms with Crippen molar-refractivity contribution in [1.29, 1.82) is 0 Å². The van der Waals surface area contributed by atoms with E-state index in [1.54, 1.807) is 0 Å². The van der Waals surface area contributed by atoms with Gasteiger partial charge in [0.25, 0.3) is 0 Å². The summed E-state index contributed by atoms with van der Waals surface area (Å²) in [5.74, 6) is 0.576. The highest BCUT2D eigenvalue weighted by molar-refractivity contribution is 9.10. The predicted molar refractivity (Wildman–Crippen MR) is 87.5 cm³/mol. The van der Waals surface area contributed by atoms with Gasteiger partial charge in [0, 0.05) is 23.0 Å². The topological polar surface area (TPSA) is 55.1 Å². The molecule has 3 nitrogen and oxygen atoms in total. The molecule has 0 aliphatic heterocycles. The van der Waals surface area contributed by atoms with Crippen molar-refractivity contribution in [2.24, 2.45) is 11.7 Å². The van der Waals surface area contributed by atoms with Crippen molar-refractivity contribution < 1.29 is 4.79 Å². The van der Waals surface area contributed by atoms with Crippen LogP contribution in [0.1, 0.15) is 39.2 Å². The van der Waals surface area contributed by atoms with Gasteiger partial charge >= 0.3 is 0 Å². The Bertz CT molecular complexity index is 448. The fraction of sp³-hybridized carbons (Fsp3) is 0.562. The molecule has 0 radical (unpaired) electrons. The highest BCUT2D eigenvalue weighted by atomic mass is 79.9. The Morgan fingerprint density at radius 1 is 1.45 bits per heavy atom. The standard InChI is InChI=1S/C16H25BrN2O/c1-12(2)10-16(3,11-18)19-15(20)8-7-13-5-4-6-14(17)9-13/h4-6,9,12H,7-8,10-11,18H2,1-3H3,(H,19,20). The van der Waals surface area contributed by atoms with Gasteiger partial charge in [-0.15, -0.1) is 0 Å². The molecule has 0 spiro atoms. The van der Waals surface area contributed by atoms with E-state index in [1.165, 1.54) is 0 Å². The van der Waals surface area contributed by atoms with E-state index < -0.39 is 0 Å². The van der Waals surface area contributed by atoms with Gasteiger partial charge in [0.15, 0.2) is 0 Å². The summed E-state index contributed by atoms with van der Waals surface area (Å²) in [7, 11) is 0. The summed E-state index contributed by atoms with van der Waals surface area (Å²) in [6.45, 7) is 6.76. The molecule has 20 heavy (non-hydrogen) atoms. The quantitative estimate of drug-likeness (QED) is 0.800. The van der Waals surface area contributed by atoms with E-state index in [4.69, 9.17) is 5.73 Å². The number of nitrogens with one attached hydrogen (secondary N) is 1. The van der Waals surface area contributed by atoms with E-state index in [-0.39, 0.29) is 11.4 Å². The van der Waals surface area contributed by atoms with Gasteiger partial charge in [0.1, 0.15) is 0 Å². The summed E-state index contributed by atoms with van der Waals surface area (Å²) in [4.78, 5) is 12.1. The molecule has 1 aromatic rings. The van der Waals surface area contributed by atoms with Crippen LogP contribution in [0.4, 0.5) is 0 Å². The minimum absolute atomic E-state index is 0.0681.